The molecule has 2 saturated heterocycles. The second-order valence-corrected chi connectivity index (χ2v) is 11.3. The van der Waals surface area contributed by atoms with Crippen LogP contribution in [0.15, 0.2) is 90.2 Å². The van der Waals surface area contributed by atoms with Crippen LogP contribution in [0.3, 0.4) is 0 Å². The van der Waals surface area contributed by atoms with E-state index in [9.17, 15) is 4.79 Å². The van der Waals surface area contributed by atoms with E-state index in [1.165, 1.54) is 0 Å². The van der Waals surface area contributed by atoms with Gasteiger partial charge in [-0.25, -0.2) is 9.97 Å². The van der Waals surface area contributed by atoms with E-state index >= 15 is 0 Å². The van der Waals surface area contributed by atoms with E-state index in [0.29, 0.717) is 16.5 Å². The van der Waals surface area contributed by atoms with Crippen LogP contribution in [0.5, 0.6) is 11.5 Å². The molecule has 3 heterocycles. The summed E-state index contributed by atoms with van der Waals surface area (Å²) in [5, 5.41) is 9.88. The molecule has 0 saturated carbocycles. The van der Waals surface area contributed by atoms with E-state index in [2.05, 4.69) is 16.0 Å². The number of amides is 1. The van der Waals surface area contributed by atoms with Crippen molar-refractivity contribution in [3.8, 4) is 28.8 Å². The Morgan fingerprint density at radius 2 is 1.76 bits per heavy atom. The monoisotopic (exact) mass is 562 g/mol. The van der Waals surface area contributed by atoms with Crippen molar-refractivity contribution in [2.75, 3.05) is 7.11 Å². The predicted molar refractivity (Wildman–Crippen MR) is 158 cm³/mol. The lowest BCUT2D eigenvalue weighted by molar-refractivity contribution is 0.0359. The van der Waals surface area contributed by atoms with E-state index in [4.69, 9.17) is 19.7 Å². The van der Waals surface area contributed by atoms with Crippen LogP contribution >= 0.6 is 11.8 Å². The third kappa shape index (κ3) is 6.06. The minimum absolute atomic E-state index is 0.0512. The molecule has 0 N–H and O–H groups in total. The van der Waals surface area contributed by atoms with Gasteiger partial charge in [-0.3, -0.25) is 4.79 Å². The van der Waals surface area contributed by atoms with E-state index in [1.807, 2.05) is 66.7 Å². The maximum Gasteiger partial charge on any atom is 0.254 e. The highest BCUT2D eigenvalue weighted by molar-refractivity contribution is 7.98. The number of hydrogen-bond donors (Lipinski definition) is 0. The number of fused-ring (bicyclic) bond motifs is 2. The number of nitriles is 1. The molecule has 0 radical (unpaired) electrons. The lowest BCUT2D eigenvalue weighted by atomic mass is 9.98. The molecule has 4 aromatic rings. The standard InChI is InChI=1S/C33H30N4O3S/c1-39-28-13-9-24(10-14-28)31-15-16-35-33(36-31)41-21-22-5-7-25(8-6-22)32(38)37-26-11-12-27(37)19-30(18-26)40-29-4-2-3-23(17-29)20-34/h2-10,13-17,26-27,30H,11-12,18-19,21H2,1H3/t26-,27-/m0/s1. The Morgan fingerprint density at radius 1 is 1.00 bits per heavy atom. The predicted octanol–water partition coefficient (Wildman–Crippen LogP) is 6.53. The maximum atomic E-state index is 13.5. The molecule has 1 amide bonds. The first-order valence-corrected chi connectivity index (χ1v) is 14.8. The quantitative estimate of drug-likeness (QED) is 0.178. The van der Waals surface area contributed by atoms with Crippen molar-refractivity contribution >= 4 is 17.7 Å². The maximum absolute atomic E-state index is 13.5. The number of hydrogen-bond acceptors (Lipinski definition) is 7. The first-order valence-electron chi connectivity index (χ1n) is 13.8. The third-order valence-electron chi connectivity index (χ3n) is 7.78. The Hall–Kier alpha value is -4.35. The van der Waals surface area contributed by atoms with Gasteiger partial charge < -0.3 is 14.4 Å². The zero-order valence-electron chi connectivity index (χ0n) is 22.8. The van der Waals surface area contributed by atoms with Gasteiger partial charge in [0.1, 0.15) is 17.6 Å². The minimum atomic E-state index is 0.0512. The van der Waals surface area contributed by atoms with Crippen LogP contribution in [0.25, 0.3) is 11.3 Å². The molecule has 7 nitrogen and oxygen atoms in total. The summed E-state index contributed by atoms with van der Waals surface area (Å²) in [6, 6.07) is 27.4. The van der Waals surface area contributed by atoms with Gasteiger partial charge in [0.25, 0.3) is 5.91 Å². The molecule has 0 spiro atoms. The highest BCUT2D eigenvalue weighted by Crippen LogP contribution is 2.38. The van der Waals surface area contributed by atoms with Crippen LogP contribution in [0, 0.1) is 11.3 Å². The fraction of sp³-hybridized carbons (Fsp3) is 0.273. The number of carbonyl (C=O) groups is 1. The highest BCUT2D eigenvalue weighted by Gasteiger charge is 2.44. The summed E-state index contributed by atoms with van der Waals surface area (Å²) < 4.78 is 11.5. The second kappa shape index (κ2) is 12.0. The molecule has 2 aliphatic heterocycles. The first kappa shape index (κ1) is 26.9. The second-order valence-electron chi connectivity index (χ2n) is 10.4. The first-order chi connectivity index (χ1) is 20.1. The lowest BCUT2D eigenvalue weighted by Crippen LogP contribution is -2.49. The number of carbonyl (C=O) groups excluding carboxylic acids is 1. The fourth-order valence-corrected chi connectivity index (χ4v) is 6.55. The van der Waals surface area contributed by atoms with Gasteiger partial charge >= 0.3 is 0 Å². The minimum Gasteiger partial charge on any atom is -0.497 e. The molecule has 41 heavy (non-hydrogen) atoms. The van der Waals surface area contributed by atoms with E-state index in [0.717, 1.165) is 59.6 Å². The van der Waals surface area contributed by atoms with E-state index in [1.54, 1.807) is 37.2 Å². The molecule has 6 rings (SSSR count). The molecule has 0 unspecified atom stereocenters. The SMILES string of the molecule is COc1ccc(-c2ccnc(SCc3ccc(C(=O)N4[C@H]5CC[C@H]4CC(Oc4cccc(C#N)c4)C5)cc3)n2)cc1. The number of aromatic nitrogens is 2. The largest absolute Gasteiger partial charge is 0.497 e. The van der Waals surface area contributed by atoms with Crippen LogP contribution in [-0.2, 0) is 5.75 Å². The molecule has 2 bridgehead atoms. The molecular weight excluding hydrogens is 532 g/mol. The van der Waals surface area contributed by atoms with Gasteiger partial charge in [-0.1, -0.05) is 30.0 Å². The number of rotatable bonds is 8. The smallest absolute Gasteiger partial charge is 0.254 e. The Kier molecular flexibility index (Phi) is 7.88. The third-order valence-corrected chi connectivity index (χ3v) is 8.71. The Bertz CT molecular complexity index is 1550. The number of piperidine rings is 1. The molecule has 3 aromatic carbocycles. The van der Waals surface area contributed by atoms with E-state index < -0.39 is 0 Å². The van der Waals surface area contributed by atoms with Crippen molar-refractivity contribution in [2.24, 2.45) is 0 Å². The highest BCUT2D eigenvalue weighted by atomic mass is 32.2. The van der Waals surface area contributed by atoms with Crippen molar-refractivity contribution in [2.45, 2.75) is 54.8 Å². The number of nitrogens with zero attached hydrogens (tertiary/aromatic N) is 4. The van der Waals surface area contributed by atoms with E-state index in [-0.39, 0.29) is 24.1 Å². The van der Waals surface area contributed by atoms with Crippen molar-refractivity contribution in [3.05, 3.63) is 102 Å². The van der Waals surface area contributed by atoms with Crippen LogP contribution in [0.2, 0.25) is 0 Å². The zero-order chi connectivity index (χ0) is 28.2. The van der Waals surface area contributed by atoms with Crippen LogP contribution in [0.4, 0.5) is 0 Å². The molecule has 2 aliphatic rings. The van der Waals surface area contributed by atoms with Crippen molar-refractivity contribution < 1.29 is 14.3 Å². The van der Waals surface area contributed by atoms with Gasteiger partial charge in [0.2, 0.25) is 0 Å². The summed E-state index contributed by atoms with van der Waals surface area (Å²) in [4.78, 5) is 24.7. The Labute approximate surface area is 244 Å². The molecular formula is C33H30N4O3S. The Morgan fingerprint density at radius 3 is 2.46 bits per heavy atom. The van der Waals surface area contributed by atoms with Crippen molar-refractivity contribution in [3.63, 3.8) is 0 Å². The van der Waals surface area contributed by atoms with Gasteiger partial charge in [-0.15, -0.1) is 0 Å². The zero-order valence-corrected chi connectivity index (χ0v) is 23.6. The van der Waals surface area contributed by atoms with Crippen molar-refractivity contribution in [1.82, 2.24) is 14.9 Å². The summed E-state index contributed by atoms with van der Waals surface area (Å²) in [5.41, 5.74) is 4.30. The summed E-state index contributed by atoms with van der Waals surface area (Å²) in [5.74, 6) is 2.34. The number of thioether (sulfide) groups is 1. The van der Waals surface area contributed by atoms with Gasteiger partial charge in [0.15, 0.2) is 5.16 Å². The lowest BCUT2D eigenvalue weighted by Gasteiger charge is -2.39. The number of methoxy groups -OCH3 is 1. The molecule has 1 aromatic heterocycles. The van der Waals surface area contributed by atoms with Crippen molar-refractivity contribution in [1.29, 1.82) is 5.26 Å². The average Bonchev–Trinajstić information content (AvgIpc) is 3.29. The van der Waals surface area contributed by atoms with Gasteiger partial charge in [-0.2, -0.15) is 5.26 Å². The Balaban J connectivity index is 1.05. The molecule has 206 valence electrons. The number of ether oxygens (including phenoxy) is 2. The summed E-state index contributed by atoms with van der Waals surface area (Å²) >= 11 is 1.57. The van der Waals surface area contributed by atoms with Gasteiger partial charge in [0.05, 0.1) is 24.4 Å². The van der Waals surface area contributed by atoms with Crippen LogP contribution in [0.1, 0.15) is 47.2 Å². The summed E-state index contributed by atoms with van der Waals surface area (Å²) in [6.45, 7) is 0. The normalized spacial score (nSPS) is 19.4. The fourth-order valence-electron chi connectivity index (χ4n) is 5.76. The molecule has 0 aliphatic carbocycles. The molecule has 8 heteroatoms. The van der Waals surface area contributed by atoms with Gasteiger partial charge in [0, 0.05) is 48.0 Å². The van der Waals surface area contributed by atoms with Gasteiger partial charge in [-0.05, 0) is 79.1 Å². The van der Waals surface area contributed by atoms with Crippen LogP contribution in [-0.4, -0.2) is 46.1 Å². The summed E-state index contributed by atoms with van der Waals surface area (Å²) in [6.07, 6.45) is 5.45. The van der Waals surface area contributed by atoms with Crippen LogP contribution < -0.4 is 9.47 Å². The average molecular weight is 563 g/mol. The molecule has 2 fully saturated rings. The topological polar surface area (TPSA) is 88.3 Å². The number of benzene rings is 3. The molecule has 2 atom stereocenters. The summed E-state index contributed by atoms with van der Waals surface area (Å²) in [7, 11) is 1.65.